The molecular formula is C22H21N3O5. The van der Waals surface area contributed by atoms with Crippen molar-refractivity contribution in [2.45, 2.75) is 13.8 Å². The minimum Gasteiger partial charge on any atom is -0.422 e. The molecule has 2 aromatic carbocycles. The number of nitro groups is 1. The maximum Gasteiger partial charge on any atom is 0.349 e. The highest BCUT2D eigenvalue weighted by atomic mass is 16.6. The number of hydrogen-bond donors (Lipinski definition) is 0. The molecule has 1 aromatic heterocycles. The normalized spacial score (nSPS) is 14.2. The Morgan fingerprint density at radius 3 is 2.47 bits per heavy atom. The molecule has 8 heteroatoms. The van der Waals surface area contributed by atoms with Gasteiger partial charge >= 0.3 is 5.63 Å². The third kappa shape index (κ3) is 3.63. The van der Waals surface area contributed by atoms with Gasteiger partial charge in [0.2, 0.25) is 0 Å². The zero-order valence-corrected chi connectivity index (χ0v) is 16.8. The van der Waals surface area contributed by atoms with E-state index in [0.29, 0.717) is 31.6 Å². The van der Waals surface area contributed by atoms with Gasteiger partial charge in [0.15, 0.2) is 0 Å². The highest BCUT2D eigenvalue weighted by molar-refractivity contribution is 5.97. The first-order chi connectivity index (χ1) is 14.3. The summed E-state index contributed by atoms with van der Waals surface area (Å²) < 4.78 is 5.22. The van der Waals surface area contributed by atoms with Crippen molar-refractivity contribution in [3.8, 4) is 0 Å². The molecule has 0 spiro atoms. The van der Waals surface area contributed by atoms with Crippen LogP contribution >= 0.6 is 0 Å². The second-order valence-electron chi connectivity index (χ2n) is 7.50. The summed E-state index contributed by atoms with van der Waals surface area (Å²) in [5.74, 6) is -0.419. The number of anilines is 1. The van der Waals surface area contributed by atoms with Gasteiger partial charge in [0.05, 0.1) is 4.92 Å². The quantitative estimate of drug-likeness (QED) is 0.376. The van der Waals surface area contributed by atoms with Crippen LogP contribution in [0.1, 0.15) is 21.5 Å². The van der Waals surface area contributed by atoms with E-state index in [1.165, 1.54) is 35.4 Å². The maximum absolute atomic E-state index is 13.0. The fourth-order valence-electron chi connectivity index (χ4n) is 3.75. The fourth-order valence-corrected chi connectivity index (χ4v) is 3.75. The Morgan fingerprint density at radius 1 is 1.03 bits per heavy atom. The van der Waals surface area contributed by atoms with Crippen molar-refractivity contribution in [3.63, 3.8) is 0 Å². The van der Waals surface area contributed by atoms with E-state index in [1.54, 1.807) is 4.90 Å². The lowest BCUT2D eigenvalue weighted by Gasteiger charge is -2.36. The van der Waals surface area contributed by atoms with Gasteiger partial charge in [0, 0.05) is 49.4 Å². The Bertz CT molecular complexity index is 1210. The average Bonchev–Trinajstić information content (AvgIpc) is 2.74. The molecule has 0 radical (unpaired) electrons. The lowest BCUT2D eigenvalue weighted by atomic mass is 10.1. The summed E-state index contributed by atoms with van der Waals surface area (Å²) in [4.78, 5) is 39.6. The number of benzene rings is 2. The largest absolute Gasteiger partial charge is 0.422 e. The van der Waals surface area contributed by atoms with Crippen LogP contribution < -0.4 is 10.5 Å². The average molecular weight is 407 g/mol. The number of non-ortho nitro benzene ring substituents is 1. The molecule has 1 saturated heterocycles. The number of piperazine rings is 1. The van der Waals surface area contributed by atoms with Crippen LogP contribution in [0.3, 0.4) is 0 Å². The van der Waals surface area contributed by atoms with Crippen LogP contribution in [-0.4, -0.2) is 41.9 Å². The lowest BCUT2D eigenvalue weighted by molar-refractivity contribution is -0.384. The number of amides is 1. The number of aryl methyl sites for hydroxylation is 2. The molecule has 0 atom stereocenters. The van der Waals surface area contributed by atoms with Gasteiger partial charge in [-0.3, -0.25) is 14.9 Å². The minimum atomic E-state index is -0.738. The van der Waals surface area contributed by atoms with E-state index in [2.05, 4.69) is 30.0 Å². The van der Waals surface area contributed by atoms with Crippen molar-refractivity contribution in [1.29, 1.82) is 0 Å². The molecule has 4 rings (SSSR count). The standard InChI is InChI=1S/C22H21N3O5/c1-14-3-4-15(2)19(11-14)23-7-9-24(10-8-23)21(26)18-13-16-12-17(25(28)29)5-6-20(16)30-22(18)27/h3-6,11-13H,7-10H2,1-2H3. The van der Waals surface area contributed by atoms with Crippen molar-refractivity contribution in [1.82, 2.24) is 4.90 Å². The summed E-state index contributed by atoms with van der Waals surface area (Å²) >= 11 is 0. The van der Waals surface area contributed by atoms with Crippen molar-refractivity contribution < 1.29 is 14.1 Å². The van der Waals surface area contributed by atoms with Crippen LogP contribution in [0.15, 0.2) is 51.7 Å². The van der Waals surface area contributed by atoms with E-state index in [9.17, 15) is 19.7 Å². The molecule has 30 heavy (non-hydrogen) atoms. The summed E-state index contributed by atoms with van der Waals surface area (Å²) in [6.45, 7) is 6.36. The van der Waals surface area contributed by atoms with E-state index in [-0.39, 0.29) is 16.8 Å². The monoisotopic (exact) mass is 407 g/mol. The van der Waals surface area contributed by atoms with Crippen LogP contribution in [0.4, 0.5) is 11.4 Å². The number of rotatable bonds is 3. The van der Waals surface area contributed by atoms with Crippen LogP contribution in [0.5, 0.6) is 0 Å². The smallest absolute Gasteiger partial charge is 0.349 e. The Labute approximate surface area is 172 Å². The molecule has 0 bridgehead atoms. The molecule has 0 saturated carbocycles. The molecule has 8 nitrogen and oxygen atoms in total. The van der Waals surface area contributed by atoms with Crippen LogP contribution in [0.25, 0.3) is 11.0 Å². The third-order valence-corrected chi connectivity index (χ3v) is 5.43. The maximum atomic E-state index is 13.0. The van der Waals surface area contributed by atoms with Gasteiger partial charge in [-0.05, 0) is 43.2 Å². The Morgan fingerprint density at radius 2 is 1.77 bits per heavy atom. The molecule has 0 N–H and O–H groups in total. The molecule has 154 valence electrons. The molecule has 1 aliphatic rings. The van der Waals surface area contributed by atoms with Crippen molar-refractivity contribution in [3.05, 3.63) is 79.7 Å². The zero-order valence-electron chi connectivity index (χ0n) is 16.8. The number of fused-ring (bicyclic) bond motifs is 1. The fraction of sp³-hybridized carbons (Fsp3) is 0.273. The predicted octanol–water partition coefficient (Wildman–Crippen LogP) is 3.28. The van der Waals surface area contributed by atoms with Gasteiger partial charge in [-0.1, -0.05) is 12.1 Å². The Balaban J connectivity index is 1.56. The Kier molecular flexibility index (Phi) is 4.99. The van der Waals surface area contributed by atoms with Gasteiger partial charge in [0.25, 0.3) is 11.6 Å². The summed E-state index contributed by atoms with van der Waals surface area (Å²) in [7, 11) is 0. The molecule has 2 heterocycles. The zero-order chi connectivity index (χ0) is 21.4. The summed E-state index contributed by atoms with van der Waals surface area (Å²) in [6, 6.07) is 11.6. The summed E-state index contributed by atoms with van der Waals surface area (Å²) in [5, 5.41) is 11.4. The van der Waals surface area contributed by atoms with Gasteiger partial charge < -0.3 is 14.2 Å². The number of carbonyl (C=O) groups is 1. The predicted molar refractivity (Wildman–Crippen MR) is 113 cm³/mol. The lowest BCUT2D eigenvalue weighted by Crippen LogP contribution is -2.49. The topological polar surface area (TPSA) is 96.9 Å². The minimum absolute atomic E-state index is 0.108. The van der Waals surface area contributed by atoms with Gasteiger partial charge in [-0.25, -0.2) is 4.79 Å². The SMILES string of the molecule is Cc1ccc(C)c(N2CCN(C(=O)c3cc4cc([N+](=O)[O-])ccc4oc3=O)CC2)c1. The molecule has 0 aliphatic carbocycles. The van der Waals surface area contributed by atoms with Crippen LogP contribution in [0.2, 0.25) is 0 Å². The number of nitro benzene ring substituents is 1. The molecule has 1 aliphatic heterocycles. The number of carbonyl (C=O) groups excluding carboxylic acids is 1. The van der Waals surface area contributed by atoms with E-state index < -0.39 is 16.5 Å². The number of nitrogens with zero attached hydrogens (tertiary/aromatic N) is 3. The second-order valence-corrected chi connectivity index (χ2v) is 7.50. The van der Waals surface area contributed by atoms with Gasteiger partial charge in [-0.15, -0.1) is 0 Å². The summed E-state index contributed by atoms with van der Waals surface area (Å²) in [6.07, 6.45) is 0. The van der Waals surface area contributed by atoms with Crippen LogP contribution in [0, 0.1) is 24.0 Å². The van der Waals surface area contributed by atoms with Crippen molar-refractivity contribution in [2.75, 3.05) is 31.1 Å². The first kappa shape index (κ1) is 19.6. The third-order valence-electron chi connectivity index (χ3n) is 5.43. The second kappa shape index (κ2) is 7.62. The highest BCUT2D eigenvalue weighted by Gasteiger charge is 2.26. The number of hydrogen-bond acceptors (Lipinski definition) is 6. The van der Waals surface area contributed by atoms with Crippen molar-refractivity contribution in [2.24, 2.45) is 0 Å². The van der Waals surface area contributed by atoms with Gasteiger partial charge in [-0.2, -0.15) is 0 Å². The molecule has 0 unspecified atom stereocenters. The van der Waals surface area contributed by atoms with Gasteiger partial charge in [0.1, 0.15) is 11.1 Å². The molecular weight excluding hydrogens is 386 g/mol. The first-order valence-corrected chi connectivity index (χ1v) is 9.67. The Hall–Kier alpha value is -3.68. The summed E-state index contributed by atoms with van der Waals surface area (Å²) in [5.41, 5.74) is 2.74. The van der Waals surface area contributed by atoms with Crippen molar-refractivity contribution >= 4 is 28.3 Å². The molecule has 3 aromatic rings. The van der Waals surface area contributed by atoms with E-state index in [4.69, 9.17) is 4.42 Å². The van der Waals surface area contributed by atoms with E-state index in [0.717, 1.165) is 5.69 Å². The molecule has 1 amide bonds. The molecule has 1 fully saturated rings. The highest BCUT2D eigenvalue weighted by Crippen LogP contribution is 2.24. The first-order valence-electron chi connectivity index (χ1n) is 9.67. The van der Waals surface area contributed by atoms with E-state index in [1.807, 2.05) is 6.92 Å². The van der Waals surface area contributed by atoms with Crippen LogP contribution in [-0.2, 0) is 0 Å². The van der Waals surface area contributed by atoms with E-state index >= 15 is 0 Å².